The monoisotopic (exact) mass is 326 g/mol. The lowest BCUT2D eigenvalue weighted by Gasteiger charge is -2.04. The second-order valence-corrected chi connectivity index (χ2v) is 4.19. The van der Waals surface area contributed by atoms with Crippen LogP contribution in [0.25, 0.3) is 0 Å². The highest BCUT2D eigenvalue weighted by molar-refractivity contribution is 9.10. The predicted octanol–water partition coefficient (Wildman–Crippen LogP) is 3.39. The Kier molecular flexibility index (Phi) is 3.76. The number of rotatable bonds is 2. The molecule has 70 valence electrons. The number of benzene rings is 1. The number of phenols is 1. The molecule has 0 atom stereocenters. The highest BCUT2D eigenvalue weighted by Gasteiger charge is 2.13. The van der Waals surface area contributed by atoms with E-state index in [0.29, 0.717) is 9.50 Å². The number of alkyl halides is 1. The second-order valence-electron chi connectivity index (χ2n) is 2.34. The van der Waals surface area contributed by atoms with Crippen molar-refractivity contribution in [3.63, 3.8) is 0 Å². The predicted molar refractivity (Wildman–Crippen MR) is 58.9 cm³/mol. The number of carbonyl (C=O) groups excluding carboxylic acids is 1. The lowest BCUT2D eigenvalue weighted by atomic mass is 10.1. The number of halogens is 3. The van der Waals surface area contributed by atoms with E-state index >= 15 is 0 Å². The molecule has 0 unspecified atom stereocenters. The van der Waals surface area contributed by atoms with Crippen molar-refractivity contribution < 1.29 is 9.90 Å². The summed E-state index contributed by atoms with van der Waals surface area (Å²) in [6.07, 6.45) is 0. The minimum absolute atomic E-state index is 0.0751. The molecule has 0 radical (unpaired) electrons. The molecule has 0 aliphatic heterocycles. The van der Waals surface area contributed by atoms with E-state index < -0.39 is 0 Å². The molecule has 0 aliphatic carbocycles. The van der Waals surface area contributed by atoms with Crippen molar-refractivity contribution in [3.05, 3.63) is 27.2 Å². The fourth-order valence-corrected chi connectivity index (χ4v) is 1.96. The van der Waals surface area contributed by atoms with E-state index in [4.69, 9.17) is 11.6 Å². The van der Waals surface area contributed by atoms with Gasteiger partial charge in [0.25, 0.3) is 0 Å². The van der Waals surface area contributed by atoms with Gasteiger partial charge in [-0.2, -0.15) is 0 Å². The Hall–Kier alpha value is -0.0600. The fourth-order valence-electron chi connectivity index (χ4n) is 0.851. The van der Waals surface area contributed by atoms with Crippen LogP contribution in [-0.2, 0) is 0 Å². The number of phenolic OH excluding ortho intramolecular Hbond substituents is 1. The quantitative estimate of drug-likeness (QED) is 0.667. The van der Waals surface area contributed by atoms with Gasteiger partial charge in [0.2, 0.25) is 0 Å². The van der Waals surface area contributed by atoms with Crippen LogP contribution in [0.2, 0.25) is 5.02 Å². The third-order valence-electron chi connectivity index (χ3n) is 1.45. The maximum atomic E-state index is 11.3. The molecule has 0 aliphatic rings. The van der Waals surface area contributed by atoms with Crippen LogP contribution in [0, 0.1) is 0 Å². The lowest BCUT2D eigenvalue weighted by molar-refractivity contribution is 0.102. The molecule has 1 aromatic rings. The normalized spacial score (nSPS) is 10.1. The summed E-state index contributed by atoms with van der Waals surface area (Å²) in [6.45, 7) is 0. The maximum Gasteiger partial charge on any atom is 0.177 e. The summed E-state index contributed by atoms with van der Waals surface area (Å²) in [5.41, 5.74) is 0.219. The first kappa shape index (κ1) is 11.0. The summed E-state index contributed by atoms with van der Waals surface area (Å²) in [5, 5.41) is 10.0. The van der Waals surface area contributed by atoms with E-state index in [9.17, 15) is 9.90 Å². The van der Waals surface area contributed by atoms with Crippen molar-refractivity contribution in [2.45, 2.75) is 0 Å². The average molecular weight is 328 g/mol. The van der Waals surface area contributed by atoms with Crippen LogP contribution >= 0.6 is 43.5 Å². The van der Waals surface area contributed by atoms with E-state index in [-0.39, 0.29) is 22.4 Å². The molecule has 0 heterocycles. The summed E-state index contributed by atoms with van der Waals surface area (Å²) in [7, 11) is 0. The standard InChI is InChI=1S/C8H5Br2ClO2/c9-3-7(12)5-1-4(11)2-6(10)8(5)13/h1-2,13H,3H2. The van der Waals surface area contributed by atoms with Crippen LogP contribution in [0.3, 0.4) is 0 Å². The zero-order valence-electron chi connectivity index (χ0n) is 6.35. The summed E-state index contributed by atoms with van der Waals surface area (Å²) in [4.78, 5) is 11.3. The Bertz CT molecular complexity index is 352. The molecule has 0 fully saturated rings. The molecular formula is C8H5Br2ClO2. The molecular weight excluding hydrogens is 323 g/mol. The van der Waals surface area contributed by atoms with Gasteiger partial charge < -0.3 is 5.11 Å². The van der Waals surface area contributed by atoms with Gasteiger partial charge in [0.15, 0.2) is 5.78 Å². The fraction of sp³-hybridized carbons (Fsp3) is 0.125. The largest absolute Gasteiger partial charge is 0.506 e. The van der Waals surface area contributed by atoms with Gasteiger partial charge in [-0.25, -0.2) is 0 Å². The highest BCUT2D eigenvalue weighted by atomic mass is 79.9. The van der Waals surface area contributed by atoms with Crippen molar-refractivity contribution in [3.8, 4) is 5.75 Å². The molecule has 0 spiro atoms. The number of carbonyl (C=O) groups is 1. The van der Waals surface area contributed by atoms with Crippen molar-refractivity contribution in [2.75, 3.05) is 5.33 Å². The van der Waals surface area contributed by atoms with Gasteiger partial charge in [0.05, 0.1) is 15.4 Å². The zero-order chi connectivity index (χ0) is 10.0. The minimum atomic E-state index is -0.208. The van der Waals surface area contributed by atoms with Crippen molar-refractivity contribution in [1.82, 2.24) is 0 Å². The molecule has 0 saturated heterocycles. The summed E-state index contributed by atoms with van der Waals surface area (Å²) < 4.78 is 0.421. The Morgan fingerprint density at radius 2 is 2.15 bits per heavy atom. The maximum absolute atomic E-state index is 11.3. The molecule has 1 aromatic carbocycles. The highest BCUT2D eigenvalue weighted by Crippen LogP contribution is 2.31. The number of aromatic hydroxyl groups is 1. The number of hydrogen-bond donors (Lipinski definition) is 1. The van der Waals surface area contributed by atoms with Crippen molar-refractivity contribution in [2.24, 2.45) is 0 Å². The van der Waals surface area contributed by atoms with Gasteiger partial charge in [-0.15, -0.1) is 0 Å². The average Bonchev–Trinajstić information content (AvgIpc) is 2.10. The summed E-state index contributed by atoms with van der Waals surface area (Å²) in [5.74, 6) is -0.283. The summed E-state index contributed by atoms with van der Waals surface area (Å²) >= 11 is 11.8. The topological polar surface area (TPSA) is 37.3 Å². The van der Waals surface area contributed by atoms with Gasteiger partial charge in [-0.05, 0) is 28.1 Å². The van der Waals surface area contributed by atoms with Crippen molar-refractivity contribution in [1.29, 1.82) is 0 Å². The third-order valence-corrected chi connectivity index (χ3v) is 2.78. The molecule has 2 nitrogen and oxygen atoms in total. The van der Waals surface area contributed by atoms with Gasteiger partial charge in [-0.3, -0.25) is 4.79 Å². The third kappa shape index (κ3) is 2.45. The molecule has 5 heteroatoms. The van der Waals surface area contributed by atoms with E-state index in [2.05, 4.69) is 31.9 Å². The molecule has 0 saturated carbocycles. The van der Waals surface area contributed by atoms with Gasteiger partial charge in [0, 0.05) is 5.02 Å². The first-order valence-electron chi connectivity index (χ1n) is 3.33. The Labute approximate surface area is 97.2 Å². The first-order chi connectivity index (χ1) is 6.06. The van der Waals surface area contributed by atoms with E-state index in [1.165, 1.54) is 12.1 Å². The van der Waals surface area contributed by atoms with Crippen LogP contribution in [0.15, 0.2) is 16.6 Å². The Morgan fingerprint density at radius 1 is 1.54 bits per heavy atom. The lowest BCUT2D eigenvalue weighted by Crippen LogP contribution is -2.00. The molecule has 0 bridgehead atoms. The van der Waals surface area contributed by atoms with Crippen LogP contribution in [0.1, 0.15) is 10.4 Å². The SMILES string of the molecule is O=C(CBr)c1cc(Cl)cc(Br)c1O. The van der Waals surface area contributed by atoms with E-state index in [0.717, 1.165) is 0 Å². The molecule has 0 amide bonds. The number of Topliss-reactive ketones (excluding diaryl/α,β-unsaturated/α-hetero) is 1. The van der Waals surface area contributed by atoms with Crippen LogP contribution in [0.4, 0.5) is 0 Å². The smallest absolute Gasteiger partial charge is 0.177 e. The van der Waals surface area contributed by atoms with Crippen molar-refractivity contribution >= 4 is 49.2 Å². The second kappa shape index (κ2) is 4.44. The van der Waals surface area contributed by atoms with Gasteiger partial charge >= 0.3 is 0 Å². The number of ketones is 1. The van der Waals surface area contributed by atoms with Gasteiger partial charge in [-0.1, -0.05) is 27.5 Å². The summed E-state index contributed by atoms with van der Waals surface area (Å²) in [6, 6.07) is 2.97. The molecule has 1 rings (SSSR count). The molecule has 13 heavy (non-hydrogen) atoms. The Balaban J connectivity index is 3.28. The molecule has 0 aromatic heterocycles. The first-order valence-corrected chi connectivity index (χ1v) is 5.62. The van der Waals surface area contributed by atoms with E-state index in [1.807, 2.05) is 0 Å². The van der Waals surface area contributed by atoms with E-state index in [1.54, 1.807) is 0 Å². The molecule has 1 N–H and O–H groups in total. The van der Waals surface area contributed by atoms with Gasteiger partial charge in [0.1, 0.15) is 5.75 Å². The van der Waals surface area contributed by atoms with Crippen LogP contribution in [-0.4, -0.2) is 16.2 Å². The Morgan fingerprint density at radius 3 is 2.69 bits per heavy atom. The zero-order valence-corrected chi connectivity index (χ0v) is 10.3. The number of hydrogen-bond acceptors (Lipinski definition) is 2. The van der Waals surface area contributed by atoms with Crippen LogP contribution < -0.4 is 0 Å². The minimum Gasteiger partial charge on any atom is -0.506 e. The van der Waals surface area contributed by atoms with Crippen LogP contribution in [0.5, 0.6) is 5.75 Å².